The zero-order chi connectivity index (χ0) is 14.7. The molecule has 3 heterocycles. The summed E-state index contributed by atoms with van der Waals surface area (Å²) >= 11 is 1.54. The molecule has 21 heavy (non-hydrogen) atoms. The van der Waals surface area contributed by atoms with Crippen LogP contribution >= 0.6 is 11.3 Å². The zero-order valence-corrected chi connectivity index (χ0v) is 12.3. The van der Waals surface area contributed by atoms with Crippen LogP contribution in [-0.4, -0.2) is 20.8 Å². The molecule has 3 rings (SSSR count). The second-order valence-electron chi connectivity index (χ2n) is 4.44. The van der Waals surface area contributed by atoms with Gasteiger partial charge in [0.25, 0.3) is 5.91 Å². The van der Waals surface area contributed by atoms with Crippen LogP contribution in [0.25, 0.3) is 10.6 Å². The number of aryl methyl sites for hydroxylation is 1. The summed E-state index contributed by atoms with van der Waals surface area (Å²) in [6.45, 7) is 3.23. The molecule has 0 saturated carbocycles. The van der Waals surface area contributed by atoms with Crippen molar-refractivity contribution in [2.24, 2.45) is 0 Å². The third-order valence-corrected chi connectivity index (χ3v) is 3.86. The minimum atomic E-state index is -0.259. The number of hydrogen-bond donors (Lipinski definition) is 1. The highest BCUT2D eigenvalue weighted by Gasteiger charge is 2.14. The number of thiophene rings is 1. The van der Waals surface area contributed by atoms with E-state index in [0.717, 1.165) is 17.0 Å². The van der Waals surface area contributed by atoms with Gasteiger partial charge in [0.15, 0.2) is 11.5 Å². The van der Waals surface area contributed by atoms with Crippen LogP contribution in [0.1, 0.15) is 23.0 Å². The van der Waals surface area contributed by atoms with Gasteiger partial charge in [-0.3, -0.25) is 9.48 Å². The van der Waals surface area contributed by atoms with Crippen molar-refractivity contribution in [1.82, 2.24) is 20.3 Å². The van der Waals surface area contributed by atoms with E-state index in [-0.39, 0.29) is 11.6 Å². The molecule has 7 heteroatoms. The zero-order valence-electron chi connectivity index (χ0n) is 11.4. The lowest BCUT2D eigenvalue weighted by Crippen LogP contribution is -2.22. The smallest absolute Gasteiger partial charge is 0.273 e. The SMILES string of the molecule is CCn1cc(CNC(=O)c2cc(-c3cccs3)on2)cn1. The van der Waals surface area contributed by atoms with Crippen LogP contribution in [0.15, 0.2) is 40.5 Å². The number of amides is 1. The number of carbonyl (C=O) groups is 1. The van der Waals surface area contributed by atoms with Crippen LogP contribution in [0.5, 0.6) is 0 Å². The van der Waals surface area contributed by atoms with E-state index < -0.39 is 0 Å². The molecule has 0 saturated heterocycles. The van der Waals surface area contributed by atoms with Gasteiger partial charge in [-0.2, -0.15) is 5.10 Å². The fraction of sp³-hybridized carbons (Fsp3) is 0.214. The maximum Gasteiger partial charge on any atom is 0.273 e. The summed E-state index contributed by atoms with van der Waals surface area (Å²) in [7, 11) is 0. The largest absolute Gasteiger partial charge is 0.355 e. The molecule has 1 N–H and O–H groups in total. The Hall–Kier alpha value is -2.41. The van der Waals surface area contributed by atoms with Gasteiger partial charge in [0.2, 0.25) is 0 Å². The Morgan fingerprint density at radius 1 is 1.52 bits per heavy atom. The fourth-order valence-corrected chi connectivity index (χ4v) is 2.53. The maximum absolute atomic E-state index is 12.0. The normalized spacial score (nSPS) is 10.7. The van der Waals surface area contributed by atoms with Crippen molar-refractivity contribution < 1.29 is 9.32 Å². The number of aromatic nitrogens is 3. The van der Waals surface area contributed by atoms with E-state index in [4.69, 9.17) is 4.52 Å². The van der Waals surface area contributed by atoms with E-state index in [0.29, 0.717) is 12.3 Å². The van der Waals surface area contributed by atoms with Gasteiger partial charge in [0, 0.05) is 30.9 Å². The molecule has 0 bridgehead atoms. The van der Waals surface area contributed by atoms with Gasteiger partial charge >= 0.3 is 0 Å². The summed E-state index contributed by atoms with van der Waals surface area (Å²) in [6, 6.07) is 5.50. The van der Waals surface area contributed by atoms with Crippen molar-refractivity contribution in [3.63, 3.8) is 0 Å². The Morgan fingerprint density at radius 3 is 3.14 bits per heavy atom. The summed E-state index contributed by atoms with van der Waals surface area (Å²) in [6.07, 6.45) is 3.64. The minimum absolute atomic E-state index is 0.259. The Kier molecular flexibility index (Phi) is 3.83. The molecule has 108 valence electrons. The van der Waals surface area contributed by atoms with E-state index in [1.165, 1.54) is 0 Å². The van der Waals surface area contributed by atoms with Crippen molar-refractivity contribution in [2.75, 3.05) is 0 Å². The summed E-state index contributed by atoms with van der Waals surface area (Å²) in [5.74, 6) is 0.347. The van der Waals surface area contributed by atoms with Crippen LogP contribution in [0, 0.1) is 0 Å². The van der Waals surface area contributed by atoms with Crippen molar-refractivity contribution in [2.45, 2.75) is 20.0 Å². The van der Waals surface area contributed by atoms with Crippen LogP contribution in [-0.2, 0) is 13.1 Å². The third-order valence-electron chi connectivity index (χ3n) is 2.97. The van der Waals surface area contributed by atoms with E-state index >= 15 is 0 Å². The Bertz CT molecular complexity index is 730. The van der Waals surface area contributed by atoms with Crippen molar-refractivity contribution in [3.8, 4) is 10.6 Å². The lowest BCUT2D eigenvalue weighted by Gasteiger charge is -1.99. The van der Waals surface area contributed by atoms with E-state index in [1.54, 1.807) is 23.6 Å². The Labute approximate surface area is 125 Å². The molecular weight excluding hydrogens is 288 g/mol. The molecule has 0 spiro atoms. The predicted molar refractivity (Wildman–Crippen MR) is 78.9 cm³/mol. The molecule has 0 unspecified atom stereocenters. The van der Waals surface area contributed by atoms with Crippen LogP contribution in [0.2, 0.25) is 0 Å². The molecule has 0 aliphatic rings. The van der Waals surface area contributed by atoms with Gasteiger partial charge in [-0.1, -0.05) is 11.2 Å². The first-order valence-electron chi connectivity index (χ1n) is 6.56. The molecule has 0 radical (unpaired) electrons. The molecule has 0 aliphatic carbocycles. The first kappa shape index (κ1) is 13.6. The van der Waals surface area contributed by atoms with E-state index in [9.17, 15) is 4.79 Å². The number of nitrogens with one attached hydrogen (secondary N) is 1. The van der Waals surface area contributed by atoms with Crippen LogP contribution in [0.3, 0.4) is 0 Å². The van der Waals surface area contributed by atoms with Gasteiger partial charge in [-0.05, 0) is 18.4 Å². The molecule has 3 aromatic heterocycles. The maximum atomic E-state index is 12.0. The number of rotatable bonds is 5. The average Bonchev–Trinajstić information content (AvgIpc) is 3.24. The third kappa shape index (κ3) is 3.03. The standard InChI is InChI=1S/C14H14N4O2S/c1-2-18-9-10(8-16-18)7-15-14(19)11-6-12(20-17-11)13-4-3-5-21-13/h3-6,8-9H,2,7H2,1H3,(H,15,19). The van der Waals surface area contributed by atoms with Crippen molar-refractivity contribution in [1.29, 1.82) is 0 Å². The molecule has 0 fully saturated rings. The number of carbonyl (C=O) groups excluding carboxylic acids is 1. The first-order chi connectivity index (χ1) is 10.3. The topological polar surface area (TPSA) is 73.0 Å². The lowest BCUT2D eigenvalue weighted by molar-refractivity contribution is 0.0942. The fourth-order valence-electron chi connectivity index (χ4n) is 1.86. The monoisotopic (exact) mass is 302 g/mol. The van der Waals surface area contributed by atoms with Gasteiger partial charge in [-0.25, -0.2) is 0 Å². The predicted octanol–water partition coefficient (Wildman–Crippen LogP) is 2.55. The molecule has 3 aromatic rings. The summed E-state index contributed by atoms with van der Waals surface area (Å²) in [5, 5.41) is 12.7. The summed E-state index contributed by atoms with van der Waals surface area (Å²) in [4.78, 5) is 13.0. The summed E-state index contributed by atoms with van der Waals surface area (Å²) < 4.78 is 7.00. The molecule has 1 amide bonds. The van der Waals surface area contributed by atoms with E-state index in [2.05, 4.69) is 15.6 Å². The van der Waals surface area contributed by atoms with Crippen molar-refractivity contribution >= 4 is 17.2 Å². The molecule has 0 aromatic carbocycles. The molecular formula is C14H14N4O2S. The minimum Gasteiger partial charge on any atom is -0.355 e. The molecule has 0 aliphatic heterocycles. The highest BCUT2D eigenvalue weighted by molar-refractivity contribution is 7.13. The highest BCUT2D eigenvalue weighted by atomic mass is 32.1. The van der Waals surface area contributed by atoms with Gasteiger partial charge in [0.05, 0.1) is 11.1 Å². The lowest BCUT2D eigenvalue weighted by atomic mass is 10.3. The molecule has 6 nitrogen and oxygen atoms in total. The Morgan fingerprint density at radius 2 is 2.43 bits per heavy atom. The van der Waals surface area contributed by atoms with Gasteiger partial charge in [-0.15, -0.1) is 11.3 Å². The van der Waals surface area contributed by atoms with Crippen LogP contribution in [0.4, 0.5) is 0 Å². The number of nitrogens with zero attached hydrogens (tertiary/aromatic N) is 3. The molecule has 0 atom stereocenters. The summed E-state index contributed by atoms with van der Waals surface area (Å²) in [5.41, 5.74) is 1.23. The van der Waals surface area contributed by atoms with Gasteiger partial charge in [0.1, 0.15) is 0 Å². The van der Waals surface area contributed by atoms with Crippen LogP contribution < -0.4 is 5.32 Å². The Balaban J connectivity index is 1.63. The van der Waals surface area contributed by atoms with Crippen molar-refractivity contribution in [3.05, 3.63) is 47.2 Å². The number of hydrogen-bond acceptors (Lipinski definition) is 5. The van der Waals surface area contributed by atoms with Gasteiger partial charge < -0.3 is 9.84 Å². The second-order valence-corrected chi connectivity index (χ2v) is 5.39. The second kappa shape index (κ2) is 5.92. The first-order valence-corrected chi connectivity index (χ1v) is 7.44. The quantitative estimate of drug-likeness (QED) is 0.786. The highest BCUT2D eigenvalue weighted by Crippen LogP contribution is 2.25. The average molecular weight is 302 g/mol. The van der Waals surface area contributed by atoms with E-state index in [1.807, 2.05) is 35.3 Å².